The van der Waals surface area contributed by atoms with Crippen LogP contribution in [0, 0.1) is 11.8 Å². The molecule has 3 N–H and O–H groups in total. The van der Waals surface area contributed by atoms with Crippen molar-refractivity contribution >= 4 is 62.3 Å². The molecule has 1 aliphatic heterocycles. The molecule has 2 aliphatic rings. The lowest BCUT2D eigenvalue weighted by atomic mass is 10.00. The molecular formula is C23H20Cl2N6O. The van der Waals surface area contributed by atoms with Crippen molar-refractivity contribution < 1.29 is 0 Å². The number of nitrogens with one attached hydrogen (secondary N) is 3. The van der Waals surface area contributed by atoms with Gasteiger partial charge >= 0.3 is 0 Å². The summed E-state index contributed by atoms with van der Waals surface area (Å²) < 4.78 is 1.83. The number of rotatable bonds is 3. The lowest BCUT2D eigenvalue weighted by Gasteiger charge is -2.10. The van der Waals surface area contributed by atoms with E-state index >= 15 is 0 Å². The van der Waals surface area contributed by atoms with Crippen molar-refractivity contribution in [3.63, 3.8) is 0 Å². The molecule has 0 radical (unpaired) electrons. The first-order valence-electron chi connectivity index (χ1n) is 10.5. The third kappa shape index (κ3) is 3.03. The van der Waals surface area contributed by atoms with E-state index in [0.717, 1.165) is 25.1 Å². The Hall–Kier alpha value is -2.87. The van der Waals surface area contributed by atoms with Crippen LogP contribution in [-0.4, -0.2) is 32.6 Å². The monoisotopic (exact) mass is 466 g/mol. The zero-order valence-electron chi connectivity index (χ0n) is 17.2. The van der Waals surface area contributed by atoms with Gasteiger partial charge in [0.2, 0.25) is 5.95 Å². The molecule has 2 aromatic carbocycles. The molecule has 0 saturated carbocycles. The molecule has 2 aromatic heterocycles. The van der Waals surface area contributed by atoms with Gasteiger partial charge in [-0.3, -0.25) is 4.79 Å². The number of aromatic amines is 1. The predicted octanol–water partition coefficient (Wildman–Crippen LogP) is 4.48. The maximum Gasteiger partial charge on any atom is 0.261 e. The predicted molar refractivity (Wildman–Crippen MR) is 129 cm³/mol. The first-order valence-corrected chi connectivity index (χ1v) is 11.3. The summed E-state index contributed by atoms with van der Waals surface area (Å²) in [6.45, 7) is 2.01. The molecule has 0 spiro atoms. The third-order valence-corrected chi connectivity index (χ3v) is 7.13. The van der Waals surface area contributed by atoms with Crippen LogP contribution in [0.2, 0.25) is 10.0 Å². The van der Waals surface area contributed by atoms with Crippen LogP contribution >= 0.6 is 23.2 Å². The first kappa shape index (κ1) is 19.8. The maximum absolute atomic E-state index is 13.2. The quantitative estimate of drug-likeness (QED) is 0.414. The number of H-pyrrole nitrogens is 1. The number of para-hydroxylation sites is 1. The van der Waals surface area contributed by atoms with E-state index in [-0.39, 0.29) is 5.56 Å². The van der Waals surface area contributed by atoms with Crippen LogP contribution < -0.4 is 16.2 Å². The molecule has 1 saturated heterocycles. The molecule has 0 amide bonds. The minimum Gasteiger partial charge on any atom is -0.323 e. The van der Waals surface area contributed by atoms with E-state index in [1.807, 2.05) is 23.7 Å². The largest absolute Gasteiger partial charge is 0.323 e. The fourth-order valence-electron chi connectivity index (χ4n) is 4.88. The molecule has 2 unspecified atom stereocenters. The standard InChI is InChI=1S/C23H20Cl2N6O/c1-31-20-17(28-23(31)29-19-14(24)3-2-4-15(19)25)6-5-16-18(20)22(32)30-21(27-16)11-7-12-9-26-10-13(12)8-11/h2-7,12-13,26H,8-10H2,1H3,(H,28,29)(H,27,30,32). The fourth-order valence-corrected chi connectivity index (χ4v) is 5.37. The van der Waals surface area contributed by atoms with Crippen LogP contribution in [0.15, 0.2) is 41.2 Å². The highest BCUT2D eigenvalue weighted by atomic mass is 35.5. The van der Waals surface area contributed by atoms with Crippen LogP contribution in [-0.2, 0) is 7.05 Å². The van der Waals surface area contributed by atoms with Gasteiger partial charge in [0, 0.05) is 13.6 Å². The third-order valence-electron chi connectivity index (χ3n) is 6.50. The number of fused-ring (bicyclic) bond motifs is 4. The van der Waals surface area contributed by atoms with Gasteiger partial charge in [0.05, 0.1) is 37.7 Å². The second-order valence-corrected chi connectivity index (χ2v) is 9.25. The molecule has 0 bridgehead atoms. The van der Waals surface area contributed by atoms with Crippen molar-refractivity contribution in [1.82, 2.24) is 24.8 Å². The van der Waals surface area contributed by atoms with E-state index in [2.05, 4.69) is 26.7 Å². The van der Waals surface area contributed by atoms with Gasteiger partial charge < -0.3 is 20.2 Å². The van der Waals surface area contributed by atoms with Crippen molar-refractivity contribution in [2.24, 2.45) is 18.9 Å². The Morgan fingerprint density at radius 1 is 1.09 bits per heavy atom. The van der Waals surface area contributed by atoms with Crippen molar-refractivity contribution in [3.8, 4) is 0 Å². The van der Waals surface area contributed by atoms with Crippen LogP contribution in [0.25, 0.3) is 27.5 Å². The van der Waals surface area contributed by atoms with Crippen molar-refractivity contribution in [2.45, 2.75) is 6.42 Å². The Morgan fingerprint density at radius 3 is 2.66 bits per heavy atom. The number of halogens is 2. The maximum atomic E-state index is 13.2. The average Bonchev–Trinajstić information content (AvgIpc) is 3.45. The highest BCUT2D eigenvalue weighted by Gasteiger charge is 2.32. The van der Waals surface area contributed by atoms with Gasteiger partial charge in [0.1, 0.15) is 5.82 Å². The summed E-state index contributed by atoms with van der Waals surface area (Å²) in [5, 5.41) is 8.11. The summed E-state index contributed by atoms with van der Waals surface area (Å²) in [5.41, 5.74) is 3.57. The van der Waals surface area contributed by atoms with E-state index in [1.165, 1.54) is 0 Å². The number of benzene rings is 2. The van der Waals surface area contributed by atoms with Gasteiger partial charge in [-0.25, -0.2) is 9.97 Å². The second kappa shape index (κ2) is 7.33. The lowest BCUT2D eigenvalue weighted by Crippen LogP contribution is -2.14. The molecule has 1 aliphatic carbocycles. The highest BCUT2D eigenvalue weighted by molar-refractivity contribution is 6.39. The van der Waals surface area contributed by atoms with E-state index in [0.29, 0.717) is 61.3 Å². The van der Waals surface area contributed by atoms with Gasteiger partial charge in [-0.1, -0.05) is 35.3 Å². The van der Waals surface area contributed by atoms with Crippen molar-refractivity contribution in [1.29, 1.82) is 0 Å². The van der Waals surface area contributed by atoms with Crippen LogP contribution in [0.4, 0.5) is 11.6 Å². The van der Waals surface area contributed by atoms with Crippen LogP contribution in [0.5, 0.6) is 0 Å². The Balaban J connectivity index is 1.47. The van der Waals surface area contributed by atoms with Crippen LogP contribution in [0.3, 0.4) is 0 Å². The average molecular weight is 467 g/mol. The fraction of sp³-hybridized carbons (Fsp3) is 0.261. The normalized spacial score (nSPS) is 20.2. The Bertz CT molecular complexity index is 1470. The molecule has 32 heavy (non-hydrogen) atoms. The minimum absolute atomic E-state index is 0.169. The molecule has 162 valence electrons. The number of aromatic nitrogens is 4. The number of hydrogen-bond donors (Lipinski definition) is 3. The summed E-state index contributed by atoms with van der Waals surface area (Å²) in [5.74, 6) is 2.32. The number of hydrogen-bond acceptors (Lipinski definition) is 5. The summed E-state index contributed by atoms with van der Waals surface area (Å²) in [4.78, 5) is 25.7. The number of nitrogens with zero attached hydrogens (tertiary/aromatic N) is 3. The van der Waals surface area contributed by atoms with Gasteiger partial charge in [-0.05, 0) is 54.6 Å². The molecule has 6 rings (SSSR count). The number of aryl methyl sites for hydroxylation is 1. The Morgan fingerprint density at radius 2 is 1.88 bits per heavy atom. The van der Waals surface area contributed by atoms with E-state index in [9.17, 15) is 4.79 Å². The number of allylic oxidation sites excluding steroid dienone is 1. The van der Waals surface area contributed by atoms with Crippen LogP contribution in [0.1, 0.15) is 12.2 Å². The summed E-state index contributed by atoms with van der Waals surface area (Å²) >= 11 is 12.6. The van der Waals surface area contributed by atoms with E-state index < -0.39 is 0 Å². The minimum atomic E-state index is -0.169. The summed E-state index contributed by atoms with van der Waals surface area (Å²) in [6.07, 6.45) is 3.19. The Labute approximate surface area is 193 Å². The lowest BCUT2D eigenvalue weighted by molar-refractivity contribution is 0.536. The topological polar surface area (TPSA) is 87.6 Å². The molecular weight excluding hydrogens is 447 g/mol. The van der Waals surface area contributed by atoms with Gasteiger partial charge in [0.15, 0.2) is 0 Å². The SMILES string of the molecule is Cn1c(Nc2c(Cl)cccc2Cl)nc2ccc3nc(C4=CC5CNCC5C4)[nH]c(=O)c3c21. The van der Waals surface area contributed by atoms with Gasteiger partial charge in [-0.2, -0.15) is 0 Å². The second-order valence-electron chi connectivity index (χ2n) is 8.44. The zero-order chi connectivity index (χ0) is 22.0. The van der Waals surface area contributed by atoms with Crippen molar-refractivity contribution in [2.75, 3.05) is 18.4 Å². The van der Waals surface area contributed by atoms with Crippen molar-refractivity contribution in [3.05, 3.63) is 62.6 Å². The van der Waals surface area contributed by atoms with E-state index in [4.69, 9.17) is 28.2 Å². The zero-order valence-corrected chi connectivity index (χ0v) is 18.8. The number of imidazole rings is 1. The summed E-state index contributed by atoms with van der Waals surface area (Å²) in [7, 11) is 1.85. The first-order chi connectivity index (χ1) is 15.5. The smallest absolute Gasteiger partial charge is 0.261 e. The molecule has 4 aromatic rings. The Kier molecular flexibility index (Phi) is 4.54. The molecule has 2 atom stereocenters. The van der Waals surface area contributed by atoms with Gasteiger partial charge in [0.25, 0.3) is 5.56 Å². The van der Waals surface area contributed by atoms with E-state index in [1.54, 1.807) is 18.2 Å². The highest BCUT2D eigenvalue weighted by Crippen LogP contribution is 2.38. The molecule has 3 heterocycles. The number of anilines is 2. The molecule has 9 heteroatoms. The molecule has 1 fully saturated rings. The molecule has 7 nitrogen and oxygen atoms in total. The van der Waals surface area contributed by atoms with Gasteiger partial charge in [-0.15, -0.1) is 0 Å². The summed E-state index contributed by atoms with van der Waals surface area (Å²) in [6, 6.07) is 9.03.